The van der Waals surface area contributed by atoms with Crippen molar-refractivity contribution in [3.05, 3.63) is 47.5 Å². The summed E-state index contributed by atoms with van der Waals surface area (Å²) in [6.07, 6.45) is 2.57. The van der Waals surface area contributed by atoms with Crippen molar-refractivity contribution < 1.29 is 13.2 Å². The lowest BCUT2D eigenvalue weighted by Gasteiger charge is -2.10. The van der Waals surface area contributed by atoms with Gasteiger partial charge in [0.2, 0.25) is 0 Å². The molecule has 0 bridgehead atoms. The van der Waals surface area contributed by atoms with E-state index in [2.05, 4.69) is 10.4 Å². The molecule has 19 heavy (non-hydrogen) atoms. The smallest absolute Gasteiger partial charge is 0.196 e. The largest absolute Gasteiger partial charge is 0.377 e. The average molecular weight is 269 g/mol. The third-order valence-corrected chi connectivity index (χ3v) is 2.74. The topological polar surface area (TPSA) is 29.9 Å². The second-order valence-electron chi connectivity index (χ2n) is 4.12. The fourth-order valence-corrected chi connectivity index (χ4v) is 1.77. The summed E-state index contributed by atoms with van der Waals surface area (Å²) < 4.78 is 41.1. The predicted octanol–water partition coefficient (Wildman–Crippen LogP) is 3.32. The minimum Gasteiger partial charge on any atom is -0.377 e. The minimum atomic E-state index is -1.47. The van der Waals surface area contributed by atoms with Crippen LogP contribution in [0.25, 0.3) is 0 Å². The summed E-state index contributed by atoms with van der Waals surface area (Å²) in [6, 6.07) is 3.86. The van der Waals surface area contributed by atoms with Crippen molar-refractivity contribution in [3.8, 4) is 0 Å². The van der Waals surface area contributed by atoms with Crippen molar-refractivity contribution in [3.63, 3.8) is 0 Å². The lowest BCUT2D eigenvalue weighted by molar-refractivity contribution is 0.448. The third kappa shape index (κ3) is 2.89. The van der Waals surface area contributed by atoms with E-state index in [1.807, 2.05) is 6.92 Å². The molecule has 102 valence electrons. The van der Waals surface area contributed by atoms with Crippen molar-refractivity contribution in [1.29, 1.82) is 0 Å². The van der Waals surface area contributed by atoms with E-state index in [1.54, 1.807) is 16.9 Å². The number of benzene rings is 1. The van der Waals surface area contributed by atoms with Gasteiger partial charge in [0.25, 0.3) is 0 Å². The Kier molecular flexibility index (Phi) is 4.09. The SMILES string of the molecule is CCCn1nccc1CNc1ccc(F)c(F)c1F. The number of nitrogens with one attached hydrogen (secondary N) is 1. The van der Waals surface area contributed by atoms with E-state index in [9.17, 15) is 13.2 Å². The van der Waals surface area contributed by atoms with Gasteiger partial charge in [-0.05, 0) is 24.6 Å². The quantitative estimate of drug-likeness (QED) is 0.844. The van der Waals surface area contributed by atoms with Gasteiger partial charge in [-0.3, -0.25) is 4.68 Å². The van der Waals surface area contributed by atoms with Gasteiger partial charge >= 0.3 is 0 Å². The van der Waals surface area contributed by atoms with E-state index < -0.39 is 17.5 Å². The molecule has 1 heterocycles. The molecule has 0 aliphatic rings. The molecule has 2 aromatic rings. The number of halogens is 3. The van der Waals surface area contributed by atoms with Crippen LogP contribution < -0.4 is 5.32 Å². The van der Waals surface area contributed by atoms with Crippen LogP contribution in [0.4, 0.5) is 18.9 Å². The number of aryl methyl sites for hydroxylation is 1. The molecule has 0 atom stereocenters. The zero-order valence-corrected chi connectivity index (χ0v) is 10.5. The maximum atomic E-state index is 13.4. The van der Waals surface area contributed by atoms with Gasteiger partial charge in [-0.15, -0.1) is 0 Å². The van der Waals surface area contributed by atoms with Crippen LogP contribution in [-0.4, -0.2) is 9.78 Å². The highest BCUT2D eigenvalue weighted by Gasteiger charge is 2.13. The van der Waals surface area contributed by atoms with Gasteiger partial charge in [-0.1, -0.05) is 6.92 Å². The summed E-state index contributed by atoms with van der Waals surface area (Å²) in [5.41, 5.74) is 0.786. The van der Waals surface area contributed by atoms with E-state index in [-0.39, 0.29) is 5.69 Å². The monoisotopic (exact) mass is 269 g/mol. The van der Waals surface area contributed by atoms with Crippen molar-refractivity contribution in [1.82, 2.24) is 9.78 Å². The van der Waals surface area contributed by atoms with Crippen LogP contribution in [0.2, 0.25) is 0 Å². The summed E-state index contributed by atoms with van der Waals surface area (Å²) in [5.74, 6) is -3.87. The van der Waals surface area contributed by atoms with Crippen LogP contribution in [0.5, 0.6) is 0 Å². The van der Waals surface area contributed by atoms with Crippen molar-refractivity contribution in [2.24, 2.45) is 0 Å². The number of aromatic nitrogens is 2. The van der Waals surface area contributed by atoms with E-state index in [1.165, 1.54) is 6.07 Å². The summed E-state index contributed by atoms with van der Waals surface area (Å²) in [4.78, 5) is 0. The molecule has 1 aromatic carbocycles. The van der Waals surface area contributed by atoms with Gasteiger partial charge in [0.1, 0.15) is 0 Å². The normalized spacial score (nSPS) is 10.7. The van der Waals surface area contributed by atoms with Gasteiger partial charge in [0.15, 0.2) is 17.5 Å². The lowest BCUT2D eigenvalue weighted by atomic mass is 10.2. The molecule has 6 heteroatoms. The first kappa shape index (κ1) is 13.5. The van der Waals surface area contributed by atoms with Crippen LogP contribution in [0.1, 0.15) is 19.0 Å². The Labute approximate surface area is 109 Å². The average Bonchev–Trinajstić information content (AvgIpc) is 2.83. The summed E-state index contributed by atoms with van der Waals surface area (Å²) >= 11 is 0. The number of hydrogen-bond donors (Lipinski definition) is 1. The number of anilines is 1. The Morgan fingerprint density at radius 3 is 2.68 bits per heavy atom. The zero-order chi connectivity index (χ0) is 13.8. The van der Waals surface area contributed by atoms with Crippen LogP contribution in [0, 0.1) is 17.5 Å². The highest BCUT2D eigenvalue weighted by Crippen LogP contribution is 2.20. The fourth-order valence-electron chi connectivity index (χ4n) is 1.77. The predicted molar refractivity (Wildman–Crippen MR) is 66.2 cm³/mol. The molecule has 2 rings (SSSR count). The van der Waals surface area contributed by atoms with Crippen molar-refractivity contribution in [2.45, 2.75) is 26.4 Å². The van der Waals surface area contributed by atoms with Crippen LogP contribution in [-0.2, 0) is 13.1 Å². The van der Waals surface area contributed by atoms with Gasteiger partial charge in [0, 0.05) is 12.7 Å². The first-order valence-electron chi connectivity index (χ1n) is 6.01. The van der Waals surface area contributed by atoms with Crippen LogP contribution in [0.15, 0.2) is 24.4 Å². The van der Waals surface area contributed by atoms with Gasteiger partial charge < -0.3 is 5.32 Å². The maximum absolute atomic E-state index is 13.4. The van der Waals surface area contributed by atoms with Gasteiger partial charge in [-0.2, -0.15) is 5.10 Å². The van der Waals surface area contributed by atoms with Crippen molar-refractivity contribution in [2.75, 3.05) is 5.32 Å². The molecule has 0 fully saturated rings. The highest BCUT2D eigenvalue weighted by molar-refractivity contribution is 5.45. The van der Waals surface area contributed by atoms with E-state index in [0.717, 1.165) is 24.7 Å². The Balaban J connectivity index is 2.10. The first-order chi connectivity index (χ1) is 9.13. The molecule has 0 aliphatic carbocycles. The number of rotatable bonds is 5. The fraction of sp³-hybridized carbons (Fsp3) is 0.308. The zero-order valence-electron chi connectivity index (χ0n) is 10.5. The molecule has 0 aliphatic heterocycles. The van der Waals surface area contributed by atoms with Gasteiger partial charge in [0.05, 0.1) is 17.9 Å². The maximum Gasteiger partial charge on any atom is 0.196 e. The van der Waals surface area contributed by atoms with Crippen LogP contribution in [0.3, 0.4) is 0 Å². The van der Waals surface area contributed by atoms with Crippen molar-refractivity contribution >= 4 is 5.69 Å². The standard InChI is InChI=1S/C13H14F3N3/c1-2-7-19-9(5-6-18-19)8-17-11-4-3-10(14)12(15)13(11)16/h3-6,17H,2,7-8H2,1H3. The van der Waals surface area contributed by atoms with Crippen LogP contribution >= 0.6 is 0 Å². The molecule has 0 saturated carbocycles. The molecule has 0 saturated heterocycles. The Morgan fingerprint density at radius 1 is 1.16 bits per heavy atom. The third-order valence-electron chi connectivity index (χ3n) is 2.74. The minimum absolute atomic E-state index is 0.0665. The van der Waals surface area contributed by atoms with Gasteiger partial charge in [-0.25, -0.2) is 13.2 Å². The molecule has 0 radical (unpaired) electrons. The molecule has 1 N–H and O–H groups in total. The Morgan fingerprint density at radius 2 is 1.95 bits per heavy atom. The summed E-state index contributed by atoms with van der Waals surface area (Å²) in [5, 5.41) is 6.86. The molecule has 0 amide bonds. The molecule has 0 spiro atoms. The number of hydrogen-bond acceptors (Lipinski definition) is 2. The molecular weight excluding hydrogens is 255 g/mol. The van der Waals surface area contributed by atoms with E-state index >= 15 is 0 Å². The summed E-state index contributed by atoms with van der Waals surface area (Å²) in [7, 11) is 0. The molecular formula is C13H14F3N3. The Hall–Kier alpha value is -1.98. The second-order valence-corrected chi connectivity index (χ2v) is 4.12. The Bertz CT molecular complexity index is 566. The summed E-state index contributed by atoms with van der Waals surface area (Å²) in [6.45, 7) is 3.07. The molecule has 1 aromatic heterocycles. The van der Waals surface area contributed by atoms with E-state index in [0.29, 0.717) is 6.54 Å². The highest BCUT2D eigenvalue weighted by atomic mass is 19.2. The van der Waals surface area contributed by atoms with E-state index in [4.69, 9.17) is 0 Å². The first-order valence-corrected chi connectivity index (χ1v) is 6.01. The number of nitrogens with zero attached hydrogens (tertiary/aromatic N) is 2. The molecule has 0 unspecified atom stereocenters. The molecule has 3 nitrogen and oxygen atoms in total. The second kappa shape index (κ2) is 5.77. The lowest BCUT2D eigenvalue weighted by Crippen LogP contribution is -2.10.